The van der Waals surface area contributed by atoms with E-state index in [0.29, 0.717) is 23.3 Å². The molecule has 0 aliphatic rings. The van der Waals surface area contributed by atoms with Crippen LogP contribution in [0, 0.1) is 34.9 Å². The molecule has 0 atom stereocenters. The lowest BCUT2D eigenvalue weighted by Crippen LogP contribution is -2.03. The van der Waals surface area contributed by atoms with Gasteiger partial charge in [0.2, 0.25) is 0 Å². The van der Waals surface area contributed by atoms with Crippen LogP contribution in [0.25, 0.3) is 21.9 Å². The monoisotopic (exact) mass is 460 g/mol. The normalized spacial score (nSPS) is 11.2. The van der Waals surface area contributed by atoms with Crippen LogP contribution < -0.4 is 4.74 Å². The van der Waals surface area contributed by atoms with Gasteiger partial charge >= 0.3 is 0 Å². The molecule has 4 aromatic rings. The first kappa shape index (κ1) is 22.7. The predicted octanol–water partition coefficient (Wildman–Crippen LogP) is 7.87. The van der Waals surface area contributed by atoms with Crippen LogP contribution in [-0.4, -0.2) is 0 Å². The number of halogens is 6. The standard InChI is InChI=1S/C26H18F6O/c1-2-3-14-4-6-18(20(27)8-14)16-5-7-19-17(11-16)12-23(30)26(24(19)31)33-13-15-9-21(28)25(32)22(29)10-15/h4-12H,2-3,13H2,1H3. The lowest BCUT2D eigenvalue weighted by molar-refractivity contribution is 0.274. The first-order valence-corrected chi connectivity index (χ1v) is 10.2. The van der Waals surface area contributed by atoms with Crippen molar-refractivity contribution in [2.24, 2.45) is 0 Å². The molecule has 33 heavy (non-hydrogen) atoms. The van der Waals surface area contributed by atoms with Crippen molar-refractivity contribution >= 4 is 10.8 Å². The third kappa shape index (κ3) is 4.53. The van der Waals surface area contributed by atoms with Gasteiger partial charge in [0.15, 0.2) is 34.8 Å². The minimum absolute atomic E-state index is 0.0228. The van der Waals surface area contributed by atoms with Gasteiger partial charge < -0.3 is 4.74 Å². The number of ether oxygens (including phenoxy) is 1. The molecular formula is C26H18F6O. The molecule has 4 rings (SSSR count). The maximum Gasteiger partial charge on any atom is 0.194 e. The molecule has 0 N–H and O–H groups in total. The van der Waals surface area contributed by atoms with E-state index in [-0.39, 0.29) is 16.3 Å². The van der Waals surface area contributed by atoms with Gasteiger partial charge in [-0.2, -0.15) is 0 Å². The van der Waals surface area contributed by atoms with Gasteiger partial charge in [-0.15, -0.1) is 0 Å². The molecule has 4 aromatic carbocycles. The summed E-state index contributed by atoms with van der Waals surface area (Å²) >= 11 is 0. The summed E-state index contributed by atoms with van der Waals surface area (Å²) in [5.74, 6) is -7.74. The van der Waals surface area contributed by atoms with E-state index in [1.165, 1.54) is 24.3 Å². The van der Waals surface area contributed by atoms with Crippen molar-refractivity contribution in [3.8, 4) is 16.9 Å². The number of aryl methyl sites for hydroxylation is 1. The van der Waals surface area contributed by atoms with Crippen LogP contribution >= 0.6 is 0 Å². The Kier molecular flexibility index (Phi) is 6.31. The van der Waals surface area contributed by atoms with Crippen molar-refractivity contribution in [3.63, 3.8) is 0 Å². The van der Waals surface area contributed by atoms with Crippen molar-refractivity contribution in [1.29, 1.82) is 0 Å². The predicted molar refractivity (Wildman–Crippen MR) is 114 cm³/mol. The highest BCUT2D eigenvalue weighted by molar-refractivity contribution is 5.89. The third-order valence-electron chi connectivity index (χ3n) is 5.30. The van der Waals surface area contributed by atoms with Gasteiger partial charge in [0.1, 0.15) is 12.4 Å². The molecule has 0 bridgehead atoms. The molecular weight excluding hydrogens is 442 g/mol. The first-order valence-electron chi connectivity index (χ1n) is 10.2. The van der Waals surface area contributed by atoms with Crippen molar-refractivity contribution in [1.82, 2.24) is 0 Å². The lowest BCUT2D eigenvalue weighted by atomic mass is 9.98. The second kappa shape index (κ2) is 9.17. The zero-order chi connectivity index (χ0) is 23.7. The van der Waals surface area contributed by atoms with Crippen LogP contribution in [-0.2, 0) is 13.0 Å². The fourth-order valence-electron chi connectivity index (χ4n) is 3.69. The second-order valence-corrected chi connectivity index (χ2v) is 7.66. The van der Waals surface area contributed by atoms with Gasteiger partial charge in [-0.1, -0.05) is 37.6 Å². The quantitative estimate of drug-likeness (QED) is 0.210. The Morgan fingerprint density at radius 3 is 2.03 bits per heavy atom. The van der Waals surface area contributed by atoms with Crippen LogP contribution in [0.2, 0.25) is 0 Å². The Balaban J connectivity index is 1.65. The second-order valence-electron chi connectivity index (χ2n) is 7.66. The lowest BCUT2D eigenvalue weighted by Gasteiger charge is -2.12. The highest BCUT2D eigenvalue weighted by Gasteiger charge is 2.18. The van der Waals surface area contributed by atoms with E-state index >= 15 is 0 Å². The van der Waals surface area contributed by atoms with Gasteiger partial charge in [0.25, 0.3) is 0 Å². The molecule has 0 spiro atoms. The number of fused-ring (bicyclic) bond motifs is 1. The van der Waals surface area contributed by atoms with Crippen LogP contribution in [0.1, 0.15) is 24.5 Å². The van der Waals surface area contributed by atoms with Crippen molar-refractivity contribution in [2.75, 3.05) is 0 Å². The fourth-order valence-corrected chi connectivity index (χ4v) is 3.69. The zero-order valence-electron chi connectivity index (χ0n) is 17.5. The summed E-state index contributed by atoms with van der Waals surface area (Å²) in [4.78, 5) is 0. The van der Waals surface area contributed by atoms with Crippen LogP contribution in [0.3, 0.4) is 0 Å². The van der Waals surface area contributed by atoms with Gasteiger partial charge in [0, 0.05) is 10.9 Å². The first-order chi connectivity index (χ1) is 15.8. The summed E-state index contributed by atoms with van der Waals surface area (Å²) in [6, 6.07) is 11.6. The molecule has 0 amide bonds. The summed E-state index contributed by atoms with van der Waals surface area (Å²) in [6.07, 6.45) is 1.62. The highest BCUT2D eigenvalue weighted by atomic mass is 19.2. The molecule has 170 valence electrons. The topological polar surface area (TPSA) is 9.23 Å². The average Bonchev–Trinajstić information content (AvgIpc) is 2.77. The molecule has 0 unspecified atom stereocenters. The maximum absolute atomic E-state index is 15.0. The van der Waals surface area contributed by atoms with Gasteiger partial charge in [-0.25, -0.2) is 26.3 Å². The SMILES string of the molecule is CCCc1ccc(-c2ccc3c(F)c(OCc4cc(F)c(F)c(F)c4)c(F)cc3c2)c(F)c1. The van der Waals surface area contributed by atoms with Crippen LogP contribution in [0.15, 0.2) is 54.6 Å². The number of rotatable bonds is 6. The highest BCUT2D eigenvalue weighted by Crippen LogP contribution is 2.34. The molecule has 0 radical (unpaired) electrons. The fraction of sp³-hybridized carbons (Fsp3) is 0.154. The van der Waals surface area contributed by atoms with E-state index in [1.807, 2.05) is 13.0 Å². The van der Waals surface area contributed by atoms with Crippen molar-refractivity contribution < 1.29 is 31.1 Å². The largest absolute Gasteiger partial charge is 0.483 e. The van der Waals surface area contributed by atoms with E-state index in [4.69, 9.17) is 4.74 Å². The summed E-state index contributed by atoms with van der Waals surface area (Å²) in [7, 11) is 0. The molecule has 0 saturated heterocycles. The Bertz CT molecular complexity index is 1330. The van der Waals surface area contributed by atoms with Gasteiger partial charge in [0.05, 0.1) is 0 Å². The summed E-state index contributed by atoms with van der Waals surface area (Å²) in [6.45, 7) is 1.41. The molecule has 0 heterocycles. The summed E-state index contributed by atoms with van der Waals surface area (Å²) < 4.78 is 89.0. The van der Waals surface area contributed by atoms with Gasteiger partial charge in [-0.05, 0) is 58.8 Å². The molecule has 0 fully saturated rings. The number of benzene rings is 4. The van der Waals surface area contributed by atoms with E-state index in [0.717, 1.165) is 24.5 Å². The average molecular weight is 460 g/mol. The Morgan fingerprint density at radius 2 is 1.36 bits per heavy atom. The van der Waals surface area contributed by atoms with E-state index in [9.17, 15) is 26.3 Å². The van der Waals surface area contributed by atoms with E-state index in [2.05, 4.69) is 0 Å². The van der Waals surface area contributed by atoms with Gasteiger partial charge in [-0.3, -0.25) is 0 Å². The minimum atomic E-state index is -1.64. The molecule has 7 heteroatoms. The number of hydrogen-bond donors (Lipinski definition) is 0. The zero-order valence-corrected chi connectivity index (χ0v) is 17.5. The smallest absolute Gasteiger partial charge is 0.194 e. The van der Waals surface area contributed by atoms with Crippen molar-refractivity contribution in [3.05, 3.63) is 101 Å². The Morgan fingerprint density at radius 1 is 0.667 bits per heavy atom. The van der Waals surface area contributed by atoms with Crippen LogP contribution in [0.4, 0.5) is 26.3 Å². The van der Waals surface area contributed by atoms with E-state index in [1.54, 1.807) is 6.07 Å². The molecule has 0 aliphatic carbocycles. The Labute approximate surface area is 186 Å². The van der Waals surface area contributed by atoms with Crippen LogP contribution in [0.5, 0.6) is 5.75 Å². The third-order valence-corrected chi connectivity index (χ3v) is 5.30. The minimum Gasteiger partial charge on any atom is -0.483 e. The van der Waals surface area contributed by atoms with Crippen molar-refractivity contribution in [2.45, 2.75) is 26.4 Å². The molecule has 0 aliphatic heterocycles. The summed E-state index contributed by atoms with van der Waals surface area (Å²) in [5, 5.41) is 0.209. The number of hydrogen-bond acceptors (Lipinski definition) is 1. The molecule has 1 nitrogen and oxygen atoms in total. The Hall–Kier alpha value is -3.48. The van der Waals surface area contributed by atoms with E-state index < -0.39 is 47.3 Å². The molecule has 0 aromatic heterocycles. The molecule has 0 saturated carbocycles. The summed E-state index contributed by atoms with van der Waals surface area (Å²) in [5.41, 5.74) is 1.48. The maximum atomic E-state index is 15.0.